The maximum Gasteiger partial charge on any atom is 0.407 e. The van der Waals surface area contributed by atoms with Gasteiger partial charge in [0.1, 0.15) is 22.9 Å². The summed E-state index contributed by atoms with van der Waals surface area (Å²) in [6.45, 7) is 7.68. The fraction of sp³-hybridized carbons (Fsp3) is 0.545. The fourth-order valence-corrected chi connectivity index (χ4v) is 4.98. The van der Waals surface area contributed by atoms with E-state index in [4.69, 9.17) is 14.2 Å². The molecule has 3 aromatic rings. The van der Waals surface area contributed by atoms with Gasteiger partial charge in [0, 0.05) is 50.0 Å². The molecular formula is C33H49N5O5. The number of alkyl carbamates (subject to hydrolysis) is 1. The van der Waals surface area contributed by atoms with Crippen LogP contribution in [0.4, 0.5) is 10.6 Å². The normalized spacial score (nSPS) is 11.6. The first-order valence-corrected chi connectivity index (χ1v) is 15.0. The van der Waals surface area contributed by atoms with Crippen LogP contribution in [-0.4, -0.2) is 67.5 Å². The van der Waals surface area contributed by atoms with Crippen LogP contribution in [-0.2, 0) is 18.3 Å². The summed E-state index contributed by atoms with van der Waals surface area (Å²) in [6.07, 6.45) is 9.54. The number of pyridine rings is 2. The molecule has 0 atom stereocenters. The number of amides is 1. The van der Waals surface area contributed by atoms with Gasteiger partial charge in [-0.25, -0.2) is 9.78 Å². The first-order chi connectivity index (χ1) is 20.4. The van der Waals surface area contributed by atoms with Crippen molar-refractivity contribution >= 4 is 22.7 Å². The Balaban J connectivity index is 1.62. The van der Waals surface area contributed by atoms with E-state index in [1.807, 2.05) is 59.3 Å². The molecule has 1 amide bonds. The number of aryl methyl sites for hydroxylation is 1. The molecule has 2 aromatic heterocycles. The molecule has 236 valence electrons. The van der Waals surface area contributed by atoms with Crippen molar-refractivity contribution in [2.24, 2.45) is 7.05 Å². The van der Waals surface area contributed by atoms with Crippen LogP contribution in [0.3, 0.4) is 0 Å². The minimum atomic E-state index is -0.472. The summed E-state index contributed by atoms with van der Waals surface area (Å²) in [5.41, 5.74) is 2.20. The third-order valence-corrected chi connectivity index (χ3v) is 7.04. The molecule has 2 heterocycles. The Morgan fingerprint density at radius 3 is 2.12 bits per heavy atom. The fourth-order valence-electron chi connectivity index (χ4n) is 4.98. The van der Waals surface area contributed by atoms with Crippen molar-refractivity contribution in [3.05, 3.63) is 46.5 Å². The smallest absolute Gasteiger partial charge is 0.407 e. The minimum absolute atomic E-state index is 0.0951. The molecule has 0 bridgehead atoms. The van der Waals surface area contributed by atoms with Crippen LogP contribution >= 0.6 is 0 Å². The van der Waals surface area contributed by atoms with Gasteiger partial charge in [-0.2, -0.15) is 0 Å². The topological polar surface area (TPSA) is 107 Å². The molecule has 0 aliphatic carbocycles. The van der Waals surface area contributed by atoms with E-state index in [0.29, 0.717) is 18.5 Å². The Kier molecular flexibility index (Phi) is 12.2. The van der Waals surface area contributed by atoms with Crippen molar-refractivity contribution in [1.82, 2.24) is 19.8 Å². The quantitative estimate of drug-likeness (QED) is 0.208. The number of nitrogens with one attached hydrogen (secondary N) is 2. The van der Waals surface area contributed by atoms with Crippen LogP contribution < -0.4 is 25.7 Å². The molecule has 43 heavy (non-hydrogen) atoms. The van der Waals surface area contributed by atoms with Crippen LogP contribution in [0.2, 0.25) is 0 Å². The van der Waals surface area contributed by atoms with Crippen molar-refractivity contribution < 1.29 is 19.0 Å². The number of nitrogens with zero attached hydrogens (tertiary/aromatic N) is 3. The number of aromatic nitrogens is 2. The average molecular weight is 596 g/mol. The number of ether oxygens (including phenoxy) is 3. The Bertz CT molecular complexity index is 1400. The van der Waals surface area contributed by atoms with Crippen LogP contribution in [0.1, 0.15) is 64.9 Å². The molecule has 0 unspecified atom stereocenters. The molecule has 10 nitrogen and oxygen atoms in total. The van der Waals surface area contributed by atoms with Gasteiger partial charge in [-0.15, -0.1) is 0 Å². The van der Waals surface area contributed by atoms with Crippen LogP contribution in [0.25, 0.3) is 21.9 Å². The second-order valence-electron chi connectivity index (χ2n) is 12.1. The van der Waals surface area contributed by atoms with Crippen molar-refractivity contribution in [3.8, 4) is 22.6 Å². The number of hydrogen-bond donors (Lipinski definition) is 2. The third-order valence-electron chi connectivity index (χ3n) is 7.04. The molecule has 0 spiro atoms. The largest absolute Gasteiger partial charge is 0.496 e. The summed E-state index contributed by atoms with van der Waals surface area (Å²) in [5.74, 6) is 2.20. The zero-order valence-corrected chi connectivity index (χ0v) is 27.1. The number of fused-ring (bicyclic) bond motifs is 1. The standard InChI is InChI=1S/C33H49N5O5/c1-33(2,3)43-32(40)35-16-14-12-10-9-11-13-15-34-30-19-24-25(20-36-30)31(39)38(6)22-26(24)23-17-28(41-7)27(21-37(4)5)29(18-23)42-8/h17-20,22H,9-16,21H2,1-8H3,(H,34,36)(H,35,40). The number of unbranched alkanes of at least 4 members (excludes halogenated alkanes) is 5. The summed E-state index contributed by atoms with van der Waals surface area (Å²) in [6, 6.07) is 5.96. The second kappa shape index (κ2) is 15.6. The van der Waals surface area contributed by atoms with Gasteiger partial charge in [0.2, 0.25) is 0 Å². The Labute approximate surface area is 255 Å². The molecular weight excluding hydrogens is 546 g/mol. The molecule has 10 heteroatoms. The van der Waals surface area contributed by atoms with Crippen molar-refractivity contribution in [3.63, 3.8) is 0 Å². The summed E-state index contributed by atoms with van der Waals surface area (Å²) >= 11 is 0. The SMILES string of the molecule is COc1cc(-c2cn(C)c(=O)c3cnc(NCCCCCCCCNC(=O)OC(C)(C)C)cc23)cc(OC)c1CN(C)C. The Morgan fingerprint density at radius 2 is 1.53 bits per heavy atom. The zero-order chi connectivity index (χ0) is 31.6. The highest BCUT2D eigenvalue weighted by Crippen LogP contribution is 2.38. The van der Waals surface area contributed by atoms with E-state index < -0.39 is 5.60 Å². The predicted molar refractivity (Wildman–Crippen MR) is 173 cm³/mol. The van der Waals surface area contributed by atoms with Crippen molar-refractivity contribution in [2.75, 3.05) is 46.7 Å². The molecule has 1 aromatic carbocycles. The number of carbonyl (C=O) groups excluding carboxylic acids is 1. The van der Waals surface area contributed by atoms with E-state index in [9.17, 15) is 9.59 Å². The maximum absolute atomic E-state index is 13.0. The number of hydrogen-bond acceptors (Lipinski definition) is 8. The number of carbonyl (C=O) groups is 1. The van der Waals surface area contributed by atoms with Gasteiger partial charge < -0.3 is 34.3 Å². The van der Waals surface area contributed by atoms with Gasteiger partial charge in [0.15, 0.2) is 0 Å². The summed E-state index contributed by atoms with van der Waals surface area (Å²) in [4.78, 5) is 31.3. The van der Waals surface area contributed by atoms with Crippen LogP contribution in [0.15, 0.2) is 35.4 Å². The molecule has 0 radical (unpaired) electrons. The van der Waals surface area contributed by atoms with E-state index in [2.05, 4.69) is 20.5 Å². The average Bonchev–Trinajstić information content (AvgIpc) is 2.94. The molecule has 0 saturated heterocycles. The molecule has 0 aliphatic heterocycles. The predicted octanol–water partition coefficient (Wildman–Crippen LogP) is 5.96. The summed E-state index contributed by atoms with van der Waals surface area (Å²) in [5, 5.41) is 7.62. The van der Waals surface area contributed by atoms with E-state index in [1.54, 1.807) is 32.0 Å². The first-order valence-electron chi connectivity index (χ1n) is 15.0. The maximum atomic E-state index is 13.0. The number of rotatable bonds is 15. The van der Waals surface area contributed by atoms with E-state index in [-0.39, 0.29) is 11.7 Å². The number of benzene rings is 1. The number of methoxy groups -OCH3 is 2. The Morgan fingerprint density at radius 1 is 0.930 bits per heavy atom. The highest BCUT2D eigenvalue weighted by atomic mass is 16.6. The van der Waals surface area contributed by atoms with Gasteiger partial charge in [-0.05, 0) is 71.5 Å². The van der Waals surface area contributed by atoms with Crippen LogP contribution in [0, 0.1) is 0 Å². The summed E-state index contributed by atoms with van der Waals surface area (Å²) < 4.78 is 18.4. The molecule has 0 fully saturated rings. The lowest BCUT2D eigenvalue weighted by Crippen LogP contribution is -2.32. The Hall–Kier alpha value is -3.79. The van der Waals surface area contributed by atoms with Crippen LogP contribution in [0.5, 0.6) is 11.5 Å². The number of anilines is 1. The minimum Gasteiger partial charge on any atom is -0.496 e. The highest BCUT2D eigenvalue weighted by Gasteiger charge is 2.18. The highest BCUT2D eigenvalue weighted by molar-refractivity contribution is 5.97. The van der Waals surface area contributed by atoms with Gasteiger partial charge in [0.05, 0.1) is 25.2 Å². The second-order valence-corrected chi connectivity index (χ2v) is 12.1. The van der Waals surface area contributed by atoms with E-state index in [1.165, 1.54) is 0 Å². The van der Waals surface area contributed by atoms with Crippen molar-refractivity contribution in [2.45, 2.75) is 71.4 Å². The third kappa shape index (κ3) is 9.88. The lowest BCUT2D eigenvalue weighted by molar-refractivity contribution is 0.0527. The van der Waals surface area contributed by atoms with Gasteiger partial charge in [-0.3, -0.25) is 4.79 Å². The molecule has 0 saturated carbocycles. The summed E-state index contributed by atoms with van der Waals surface area (Å²) in [7, 11) is 9.08. The van der Waals surface area contributed by atoms with Gasteiger partial charge in [0.25, 0.3) is 5.56 Å². The lowest BCUT2D eigenvalue weighted by Gasteiger charge is -2.19. The lowest BCUT2D eigenvalue weighted by atomic mass is 9.98. The molecule has 3 rings (SSSR count). The molecule has 2 N–H and O–H groups in total. The van der Waals surface area contributed by atoms with E-state index >= 15 is 0 Å². The zero-order valence-electron chi connectivity index (χ0n) is 27.1. The van der Waals surface area contributed by atoms with Gasteiger partial charge in [-0.1, -0.05) is 25.7 Å². The van der Waals surface area contributed by atoms with Crippen molar-refractivity contribution in [1.29, 1.82) is 0 Å². The van der Waals surface area contributed by atoms with Gasteiger partial charge >= 0.3 is 6.09 Å². The van der Waals surface area contributed by atoms with E-state index in [0.717, 1.165) is 84.5 Å². The molecule has 0 aliphatic rings. The monoisotopic (exact) mass is 595 g/mol. The first kappa shape index (κ1) is 33.7.